The maximum absolute atomic E-state index is 11.9. The Morgan fingerprint density at radius 3 is 2.65 bits per heavy atom. The summed E-state index contributed by atoms with van der Waals surface area (Å²) < 4.78 is 33.3. The van der Waals surface area contributed by atoms with E-state index in [1.165, 1.54) is 0 Å². The first-order valence-electron chi connectivity index (χ1n) is 10.00. The number of hydrogen-bond acceptors (Lipinski definition) is 8. The number of aliphatic hydroxyl groups excluding tert-OH is 1. The second kappa shape index (κ2) is 7.56. The van der Waals surface area contributed by atoms with Crippen molar-refractivity contribution in [1.29, 1.82) is 0 Å². The number of ether oxygens (including phenoxy) is 3. The summed E-state index contributed by atoms with van der Waals surface area (Å²) in [5.41, 5.74) is 4.68. The van der Waals surface area contributed by atoms with E-state index in [4.69, 9.17) is 19.2 Å². The van der Waals surface area contributed by atoms with Crippen LogP contribution in [0, 0.1) is 6.92 Å². The third-order valence-corrected chi connectivity index (χ3v) is 6.00. The number of aliphatic hydroxyl groups is 1. The number of aromatic nitrogens is 3. The first-order chi connectivity index (χ1) is 14.8. The topological polar surface area (TPSA) is 119 Å². The molecule has 10 heteroatoms. The highest BCUT2D eigenvalue weighted by Crippen LogP contribution is 2.31. The fraction of sp³-hybridized carbons (Fsp3) is 0.429. The number of benzene rings is 1. The maximum Gasteiger partial charge on any atom is 0.296 e. The van der Waals surface area contributed by atoms with Gasteiger partial charge < -0.3 is 24.3 Å². The van der Waals surface area contributed by atoms with Gasteiger partial charge >= 0.3 is 0 Å². The Bertz CT molecular complexity index is 1240. The summed E-state index contributed by atoms with van der Waals surface area (Å²) in [4.78, 5) is 12.3. The van der Waals surface area contributed by atoms with Crippen molar-refractivity contribution in [2.75, 3.05) is 25.7 Å². The highest BCUT2D eigenvalue weighted by Gasteiger charge is 2.48. The number of H-pyrrole nitrogens is 1. The lowest BCUT2D eigenvalue weighted by atomic mass is 10.1. The van der Waals surface area contributed by atoms with E-state index in [-0.39, 0.29) is 24.9 Å². The Hall–Kier alpha value is -2.53. The van der Waals surface area contributed by atoms with Gasteiger partial charge in [0.2, 0.25) is 0 Å². The average molecular weight is 445 g/mol. The molecule has 3 aromatic rings. The molecule has 2 aliphatic heterocycles. The molecule has 9 nitrogen and oxygen atoms in total. The molecule has 2 aromatic heterocycles. The maximum atomic E-state index is 11.9. The zero-order valence-electron chi connectivity index (χ0n) is 17.4. The van der Waals surface area contributed by atoms with Crippen molar-refractivity contribution in [2.24, 2.45) is 4.36 Å². The molecule has 1 aromatic carbocycles. The van der Waals surface area contributed by atoms with Crippen LogP contribution >= 0.6 is 0 Å². The van der Waals surface area contributed by atoms with Crippen LogP contribution in [-0.4, -0.2) is 74.4 Å². The van der Waals surface area contributed by atoms with E-state index in [1.54, 1.807) is 12.5 Å². The first kappa shape index (κ1) is 20.4. The fourth-order valence-corrected chi connectivity index (χ4v) is 4.62. The van der Waals surface area contributed by atoms with Crippen molar-refractivity contribution in [3.63, 3.8) is 0 Å². The van der Waals surface area contributed by atoms with Crippen LogP contribution in [0.15, 0.2) is 34.7 Å². The van der Waals surface area contributed by atoms with Crippen molar-refractivity contribution in [3.8, 4) is 17.3 Å². The van der Waals surface area contributed by atoms with Crippen LogP contribution in [0.5, 0.6) is 6.01 Å². The van der Waals surface area contributed by atoms with Gasteiger partial charge in [0.15, 0.2) is 11.8 Å². The summed E-state index contributed by atoms with van der Waals surface area (Å²) in [5.74, 6) is 0. The Morgan fingerprint density at radius 2 is 1.90 bits per heavy atom. The molecule has 2 N–H and O–H groups in total. The molecule has 2 aliphatic rings. The van der Waals surface area contributed by atoms with Crippen molar-refractivity contribution < 1.29 is 23.5 Å². The molecule has 4 atom stereocenters. The van der Waals surface area contributed by atoms with Gasteiger partial charge in [0.25, 0.3) is 6.01 Å². The number of nitrogens with zero attached hydrogens (tertiary/aromatic N) is 3. The van der Waals surface area contributed by atoms with Crippen molar-refractivity contribution >= 4 is 26.6 Å². The third-order valence-electron chi connectivity index (χ3n) is 5.35. The summed E-state index contributed by atoms with van der Waals surface area (Å²) in [7, 11) is -2.21. The standard InChI is InChI=1S/C21H24N4O5S/c1-11-8-14-20(23-17(11)12-4-6-13(7-5-12)25-31(2,3)27)24-21(22-14)30-16-10-29-18-15(26)9-28-19(16)18/h4-8,15-16,18-19,26H,9-10H2,1-3H3,(H,22,23,24)/t15-,16-,18?,19?/m1/s1. The van der Waals surface area contributed by atoms with E-state index in [1.807, 2.05) is 37.3 Å². The summed E-state index contributed by atoms with van der Waals surface area (Å²) in [6.07, 6.45) is 1.59. The largest absolute Gasteiger partial charge is 0.456 e. The normalized spacial score (nSPS) is 25.7. The third kappa shape index (κ3) is 4.03. The fourth-order valence-electron chi connectivity index (χ4n) is 3.99. The summed E-state index contributed by atoms with van der Waals surface area (Å²) in [6, 6.07) is 9.80. The van der Waals surface area contributed by atoms with Crippen molar-refractivity contribution in [1.82, 2.24) is 15.0 Å². The molecule has 0 radical (unpaired) electrons. The molecular weight excluding hydrogens is 420 g/mol. The highest BCUT2D eigenvalue weighted by atomic mass is 32.2. The van der Waals surface area contributed by atoms with Crippen LogP contribution in [-0.2, 0) is 19.2 Å². The second-order valence-corrected chi connectivity index (χ2v) is 10.8. The van der Waals surface area contributed by atoms with Crippen molar-refractivity contribution in [2.45, 2.75) is 31.3 Å². The van der Waals surface area contributed by atoms with Crippen LogP contribution < -0.4 is 4.74 Å². The lowest BCUT2D eigenvalue weighted by Crippen LogP contribution is -2.34. The number of aromatic amines is 1. The van der Waals surface area contributed by atoms with E-state index < -0.39 is 15.8 Å². The number of imidazole rings is 1. The van der Waals surface area contributed by atoms with Gasteiger partial charge in [0.1, 0.15) is 18.3 Å². The molecule has 0 bridgehead atoms. The van der Waals surface area contributed by atoms with Gasteiger partial charge in [-0.05, 0) is 30.7 Å². The quantitative estimate of drug-likeness (QED) is 0.633. The number of rotatable bonds is 4. The average Bonchev–Trinajstić information content (AvgIpc) is 3.38. The van der Waals surface area contributed by atoms with Gasteiger partial charge in [0.05, 0.1) is 30.1 Å². The van der Waals surface area contributed by atoms with E-state index in [0.717, 1.165) is 22.3 Å². The molecule has 0 amide bonds. The van der Waals surface area contributed by atoms with Crippen LogP contribution in [0.1, 0.15) is 5.56 Å². The minimum absolute atomic E-state index is 0.249. The molecule has 2 fully saturated rings. The molecule has 4 heterocycles. The number of nitrogens with one attached hydrogen (secondary N) is 1. The Morgan fingerprint density at radius 1 is 1.16 bits per heavy atom. The SMILES string of the molecule is Cc1cc2[nH]c(O[C@@H]3COC4C3OC[C@H]4O)nc2nc1-c1ccc(N=S(C)(C)=O)cc1. The lowest BCUT2D eigenvalue weighted by molar-refractivity contribution is 0.00706. The molecule has 0 saturated carbocycles. The summed E-state index contributed by atoms with van der Waals surface area (Å²) >= 11 is 0. The van der Waals surface area contributed by atoms with Crippen LogP contribution in [0.4, 0.5) is 5.69 Å². The molecule has 0 spiro atoms. The number of aryl methyl sites for hydroxylation is 1. The predicted molar refractivity (Wildman–Crippen MR) is 116 cm³/mol. The molecule has 5 rings (SSSR count). The molecule has 2 saturated heterocycles. The zero-order valence-corrected chi connectivity index (χ0v) is 18.3. The number of hydrogen-bond donors (Lipinski definition) is 2. The van der Waals surface area contributed by atoms with Crippen molar-refractivity contribution in [3.05, 3.63) is 35.9 Å². The van der Waals surface area contributed by atoms with Gasteiger partial charge in [-0.1, -0.05) is 12.1 Å². The van der Waals surface area contributed by atoms with E-state index in [9.17, 15) is 9.32 Å². The zero-order chi connectivity index (χ0) is 21.8. The van der Waals surface area contributed by atoms with E-state index in [0.29, 0.717) is 24.0 Å². The monoisotopic (exact) mass is 444 g/mol. The molecule has 2 unspecified atom stereocenters. The second-order valence-electron chi connectivity index (χ2n) is 8.21. The lowest BCUT2D eigenvalue weighted by Gasteiger charge is -2.15. The Balaban J connectivity index is 1.40. The van der Waals surface area contributed by atoms with Gasteiger partial charge in [0, 0.05) is 27.8 Å². The molecule has 31 heavy (non-hydrogen) atoms. The highest BCUT2D eigenvalue weighted by molar-refractivity contribution is 7.92. The van der Waals surface area contributed by atoms with Crippen LogP contribution in [0.3, 0.4) is 0 Å². The molecular formula is C21H24N4O5S. The smallest absolute Gasteiger partial charge is 0.296 e. The van der Waals surface area contributed by atoms with Gasteiger partial charge in [-0.2, -0.15) is 9.35 Å². The van der Waals surface area contributed by atoms with Crippen LogP contribution in [0.25, 0.3) is 22.4 Å². The Labute approximate surface area is 180 Å². The van der Waals surface area contributed by atoms with E-state index in [2.05, 4.69) is 14.3 Å². The Kier molecular flexibility index (Phi) is 4.97. The summed E-state index contributed by atoms with van der Waals surface area (Å²) in [6.45, 7) is 2.56. The van der Waals surface area contributed by atoms with E-state index >= 15 is 0 Å². The minimum Gasteiger partial charge on any atom is -0.456 e. The van der Waals surface area contributed by atoms with Gasteiger partial charge in [-0.25, -0.2) is 9.19 Å². The number of pyridine rings is 1. The molecule has 0 aliphatic carbocycles. The molecule has 164 valence electrons. The first-order valence-corrected chi connectivity index (χ1v) is 12.3. The van der Waals surface area contributed by atoms with Gasteiger partial charge in [-0.15, -0.1) is 0 Å². The minimum atomic E-state index is -2.21. The number of fused-ring (bicyclic) bond motifs is 2. The summed E-state index contributed by atoms with van der Waals surface area (Å²) in [5, 5.41) is 9.88. The predicted octanol–water partition coefficient (Wildman–Crippen LogP) is 2.20. The van der Waals surface area contributed by atoms with Gasteiger partial charge in [-0.3, -0.25) is 0 Å². The van der Waals surface area contributed by atoms with Crippen LogP contribution in [0.2, 0.25) is 0 Å².